The summed E-state index contributed by atoms with van der Waals surface area (Å²) in [6, 6.07) is 13.8. The van der Waals surface area contributed by atoms with E-state index < -0.39 is 5.97 Å². The number of carbonyl (C=O) groups is 1. The number of anilines is 1. The van der Waals surface area contributed by atoms with E-state index in [-0.39, 0.29) is 5.56 Å². The lowest BCUT2D eigenvalue weighted by Gasteiger charge is -2.10. The van der Waals surface area contributed by atoms with Crippen LogP contribution < -0.4 is 5.73 Å². The highest BCUT2D eigenvalue weighted by atomic mass is 79.9. The van der Waals surface area contributed by atoms with E-state index in [9.17, 15) is 4.79 Å². The molecule has 0 aliphatic heterocycles. The van der Waals surface area contributed by atoms with E-state index in [1.165, 1.54) is 12.1 Å². The van der Waals surface area contributed by atoms with Crippen LogP contribution in [0.15, 0.2) is 59.3 Å². The normalized spacial score (nSPS) is 11.0. The molecule has 0 saturated carbocycles. The van der Waals surface area contributed by atoms with Crippen molar-refractivity contribution in [2.75, 3.05) is 5.73 Å². The van der Waals surface area contributed by atoms with Crippen LogP contribution in [0.4, 0.5) is 5.82 Å². The third-order valence-corrected chi connectivity index (χ3v) is 4.36. The van der Waals surface area contributed by atoms with Gasteiger partial charge in [-0.15, -0.1) is 0 Å². The van der Waals surface area contributed by atoms with E-state index in [0.29, 0.717) is 33.0 Å². The summed E-state index contributed by atoms with van der Waals surface area (Å²) in [5.41, 5.74) is 8.95. The molecular weight excluding hydrogens is 398 g/mol. The second kappa shape index (κ2) is 6.23. The molecule has 0 aliphatic carbocycles. The molecule has 8 heteroatoms. The third-order valence-electron chi connectivity index (χ3n) is 3.92. The summed E-state index contributed by atoms with van der Waals surface area (Å²) < 4.78 is 2.50. The lowest BCUT2D eigenvalue weighted by Crippen LogP contribution is -2.03. The maximum atomic E-state index is 11.1. The average molecular weight is 410 g/mol. The summed E-state index contributed by atoms with van der Waals surface area (Å²) in [5.74, 6) is -0.0470. The van der Waals surface area contributed by atoms with Crippen LogP contribution in [0.2, 0.25) is 0 Å². The zero-order valence-corrected chi connectivity index (χ0v) is 14.9. The molecule has 3 heterocycles. The van der Waals surface area contributed by atoms with Crippen LogP contribution in [0.1, 0.15) is 10.4 Å². The minimum atomic E-state index is -0.982. The van der Waals surface area contributed by atoms with Crippen LogP contribution in [0.25, 0.3) is 28.2 Å². The predicted octanol–water partition coefficient (Wildman–Crippen LogP) is 3.53. The molecule has 0 atom stereocenters. The summed E-state index contributed by atoms with van der Waals surface area (Å²) in [5, 5.41) is 9.12. The summed E-state index contributed by atoms with van der Waals surface area (Å²) in [6.07, 6.45) is 1.61. The van der Waals surface area contributed by atoms with Gasteiger partial charge in [-0.1, -0.05) is 0 Å². The number of rotatable bonds is 3. The number of hydrogen-bond donors (Lipinski definition) is 2. The molecule has 0 unspecified atom stereocenters. The Morgan fingerprint density at radius 1 is 1.08 bits per heavy atom. The van der Waals surface area contributed by atoms with Gasteiger partial charge in [0.25, 0.3) is 0 Å². The number of carboxylic acids is 1. The first-order chi connectivity index (χ1) is 12.5. The number of carboxylic acid groups (broad SMARTS) is 1. The number of nitrogens with two attached hydrogens (primary N) is 1. The standard InChI is InChI=1S/C18H12BrN5O2/c19-14-8-7-13-17(23-14)24(11-5-3-10(4-6-11)18(25)26)16(22-13)12-2-1-9-21-15(12)20/h1-9H,(H2,20,21)(H,25,26). The molecule has 1 aromatic carbocycles. The van der Waals surface area contributed by atoms with Crippen LogP contribution in [-0.2, 0) is 0 Å². The molecular formula is C18H12BrN5O2. The van der Waals surface area contributed by atoms with Gasteiger partial charge < -0.3 is 10.8 Å². The number of halogens is 1. The highest BCUT2D eigenvalue weighted by Gasteiger charge is 2.18. The first-order valence-electron chi connectivity index (χ1n) is 7.64. The van der Waals surface area contributed by atoms with Gasteiger partial charge in [0.1, 0.15) is 15.9 Å². The molecule has 3 aromatic heterocycles. The maximum Gasteiger partial charge on any atom is 0.335 e. The molecule has 0 saturated heterocycles. The van der Waals surface area contributed by atoms with Gasteiger partial charge in [0.15, 0.2) is 11.5 Å². The Kier molecular flexibility index (Phi) is 3.89. The van der Waals surface area contributed by atoms with Gasteiger partial charge in [-0.3, -0.25) is 4.57 Å². The Hall–Kier alpha value is -3.26. The van der Waals surface area contributed by atoms with Crippen LogP contribution >= 0.6 is 15.9 Å². The van der Waals surface area contributed by atoms with Crippen molar-refractivity contribution < 1.29 is 9.90 Å². The third kappa shape index (κ3) is 2.70. The van der Waals surface area contributed by atoms with Crippen LogP contribution in [-0.4, -0.2) is 30.6 Å². The first kappa shape index (κ1) is 16.2. The number of benzene rings is 1. The second-order valence-corrected chi connectivity index (χ2v) is 6.35. The summed E-state index contributed by atoms with van der Waals surface area (Å²) in [6.45, 7) is 0. The van der Waals surface area contributed by atoms with Crippen molar-refractivity contribution in [2.24, 2.45) is 0 Å². The second-order valence-electron chi connectivity index (χ2n) is 5.54. The lowest BCUT2D eigenvalue weighted by atomic mass is 10.2. The topological polar surface area (TPSA) is 107 Å². The molecule has 4 rings (SSSR count). The van der Waals surface area contributed by atoms with Crippen molar-refractivity contribution in [3.63, 3.8) is 0 Å². The number of nitrogen functional groups attached to an aromatic ring is 1. The van der Waals surface area contributed by atoms with Crippen molar-refractivity contribution in [1.82, 2.24) is 19.5 Å². The number of imidazole rings is 1. The summed E-state index contributed by atoms with van der Waals surface area (Å²) in [4.78, 5) is 24.4. The fourth-order valence-electron chi connectivity index (χ4n) is 2.72. The van der Waals surface area contributed by atoms with Gasteiger partial charge >= 0.3 is 5.97 Å². The quantitative estimate of drug-likeness (QED) is 0.501. The molecule has 128 valence electrons. The number of pyridine rings is 2. The first-order valence-corrected chi connectivity index (χ1v) is 8.43. The van der Waals surface area contributed by atoms with Gasteiger partial charge in [0, 0.05) is 11.9 Å². The maximum absolute atomic E-state index is 11.1. The molecule has 0 bridgehead atoms. The van der Waals surface area contributed by atoms with E-state index in [1.807, 2.05) is 22.8 Å². The van der Waals surface area contributed by atoms with Crippen molar-refractivity contribution in [3.05, 3.63) is 64.9 Å². The molecule has 0 spiro atoms. The number of hydrogen-bond acceptors (Lipinski definition) is 5. The Bertz CT molecular complexity index is 1140. The van der Waals surface area contributed by atoms with Gasteiger partial charge in [-0.05, 0) is 64.5 Å². The zero-order chi connectivity index (χ0) is 18.3. The zero-order valence-electron chi connectivity index (χ0n) is 13.3. The molecule has 3 N–H and O–H groups in total. The molecule has 0 fully saturated rings. The Labute approximate surface area is 156 Å². The molecule has 26 heavy (non-hydrogen) atoms. The molecule has 7 nitrogen and oxygen atoms in total. The molecule has 0 aliphatic rings. The lowest BCUT2D eigenvalue weighted by molar-refractivity contribution is 0.0697. The molecule has 4 aromatic rings. The SMILES string of the molecule is Nc1ncccc1-c1nc2ccc(Br)nc2n1-c1ccc(C(=O)O)cc1. The number of nitrogens with zero attached hydrogens (tertiary/aromatic N) is 4. The van der Waals surface area contributed by atoms with Gasteiger partial charge in [-0.2, -0.15) is 0 Å². The highest BCUT2D eigenvalue weighted by molar-refractivity contribution is 9.10. The number of fused-ring (bicyclic) bond motifs is 1. The molecule has 0 radical (unpaired) electrons. The van der Waals surface area contributed by atoms with Crippen molar-refractivity contribution in [1.29, 1.82) is 0 Å². The smallest absolute Gasteiger partial charge is 0.335 e. The average Bonchev–Trinajstić information content (AvgIpc) is 3.00. The Morgan fingerprint density at radius 3 is 2.54 bits per heavy atom. The number of aromatic nitrogens is 4. The van der Waals surface area contributed by atoms with E-state index in [1.54, 1.807) is 24.4 Å². The molecule has 0 amide bonds. The van der Waals surface area contributed by atoms with Crippen LogP contribution in [0.3, 0.4) is 0 Å². The van der Waals surface area contributed by atoms with Crippen molar-refractivity contribution in [3.8, 4) is 17.1 Å². The van der Waals surface area contributed by atoms with E-state index >= 15 is 0 Å². The van der Waals surface area contributed by atoms with Gasteiger partial charge in [0.2, 0.25) is 0 Å². The predicted molar refractivity (Wildman–Crippen MR) is 101 cm³/mol. The largest absolute Gasteiger partial charge is 0.478 e. The van der Waals surface area contributed by atoms with Gasteiger partial charge in [0.05, 0.1) is 11.1 Å². The van der Waals surface area contributed by atoms with Crippen LogP contribution in [0.5, 0.6) is 0 Å². The Balaban J connectivity index is 2.02. The van der Waals surface area contributed by atoms with Crippen LogP contribution in [0, 0.1) is 0 Å². The van der Waals surface area contributed by atoms with E-state index in [2.05, 4.69) is 30.9 Å². The Morgan fingerprint density at radius 2 is 1.85 bits per heavy atom. The fourth-order valence-corrected chi connectivity index (χ4v) is 3.02. The minimum absolute atomic E-state index is 0.203. The fraction of sp³-hybridized carbons (Fsp3) is 0. The summed E-state index contributed by atoms with van der Waals surface area (Å²) >= 11 is 3.38. The van der Waals surface area contributed by atoms with Gasteiger partial charge in [-0.25, -0.2) is 19.7 Å². The van der Waals surface area contributed by atoms with Crippen molar-refractivity contribution >= 4 is 38.9 Å². The number of aromatic carboxylic acids is 1. The van der Waals surface area contributed by atoms with E-state index in [4.69, 9.17) is 10.8 Å². The summed E-state index contributed by atoms with van der Waals surface area (Å²) in [7, 11) is 0. The van der Waals surface area contributed by atoms with Crippen molar-refractivity contribution in [2.45, 2.75) is 0 Å². The van der Waals surface area contributed by atoms with E-state index in [0.717, 1.165) is 5.69 Å². The highest BCUT2D eigenvalue weighted by Crippen LogP contribution is 2.30. The minimum Gasteiger partial charge on any atom is -0.478 e. The monoisotopic (exact) mass is 409 g/mol.